The Morgan fingerprint density at radius 1 is 0.949 bits per heavy atom. The summed E-state index contributed by atoms with van der Waals surface area (Å²) in [6.07, 6.45) is 0. The van der Waals surface area contributed by atoms with Gasteiger partial charge in [0.25, 0.3) is 11.7 Å². The fourth-order valence-corrected chi connectivity index (χ4v) is 5.53. The highest BCUT2D eigenvalue weighted by atomic mass is 32.1. The molecule has 1 aliphatic heterocycles. The zero-order chi connectivity index (χ0) is 27.5. The van der Waals surface area contributed by atoms with Crippen LogP contribution >= 0.6 is 11.3 Å². The van der Waals surface area contributed by atoms with E-state index in [9.17, 15) is 14.7 Å². The molecular formula is C32H29NO5S. The van der Waals surface area contributed by atoms with Gasteiger partial charge in [0.05, 0.1) is 12.2 Å². The average molecular weight is 540 g/mol. The topological polar surface area (TPSA) is 76.1 Å². The molecule has 198 valence electrons. The molecule has 1 aromatic heterocycles. The Hall–Kier alpha value is -4.36. The first-order valence-electron chi connectivity index (χ1n) is 12.8. The minimum absolute atomic E-state index is 0.0610. The summed E-state index contributed by atoms with van der Waals surface area (Å²) in [5.41, 5.74) is 1.97. The number of anilines is 1. The third-order valence-electron chi connectivity index (χ3n) is 6.56. The summed E-state index contributed by atoms with van der Waals surface area (Å²) in [5.74, 6) is 0.536. The minimum atomic E-state index is -0.764. The van der Waals surface area contributed by atoms with Crippen LogP contribution in [0.5, 0.6) is 17.2 Å². The molecule has 0 bridgehead atoms. The predicted molar refractivity (Wildman–Crippen MR) is 154 cm³/mol. The van der Waals surface area contributed by atoms with Gasteiger partial charge in [-0.1, -0.05) is 38.1 Å². The van der Waals surface area contributed by atoms with E-state index in [2.05, 4.69) is 0 Å². The van der Waals surface area contributed by atoms with E-state index in [0.29, 0.717) is 29.4 Å². The van der Waals surface area contributed by atoms with Crippen molar-refractivity contribution in [3.8, 4) is 17.2 Å². The van der Waals surface area contributed by atoms with Crippen LogP contribution in [0.25, 0.3) is 5.76 Å². The van der Waals surface area contributed by atoms with E-state index in [0.717, 1.165) is 16.2 Å². The highest BCUT2D eigenvalue weighted by molar-refractivity contribution is 7.10. The lowest BCUT2D eigenvalue weighted by Crippen LogP contribution is -2.29. The monoisotopic (exact) mass is 539 g/mol. The number of Topliss-reactive ketones (excluding diaryl/α,β-unsaturated/α-hetero) is 1. The van der Waals surface area contributed by atoms with Gasteiger partial charge < -0.3 is 14.6 Å². The molecule has 1 N–H and O–H groups in total. The number of aliphatic hydroxyl groups is 1. The third-order valence-corrected chi connectivity index (χ3v) is 7.48. The second kappa shape index (κ2) is 11.2. The molecule has 1 unspecified atom stereocenters. The van der Waals surface area contributed by atoms with Gasteiger partial charge in [0, 0.05) is 16.1 Å². The Bertz CT molecular complexity index is 1510. The molecule has 1 aliphatic rings. The molecule has 1 atom stereocenters. The molecule has 1 fully saturated rings. The van der Waals surface area contributed by atoms with Gasteiger partial charge >= 0.3 is 0 Å². The molecule has 3 aromatic carbocycles. The zero-order valence-electron chi connectivity index (χ0n) is 22.0. The summed E-state index contributed by atoms with van der Waals surface area (Å²) >= 11 is 1.42. The Kier molecular flexibility index (Phi) is 7.52. The standard InChI is InChI=1S/C32H29NO5S/c1-4-37-26-17-12-21(19-25(26)20(2)3)30(34)28-29(27-11-8-18-39-27)33(32(36)31(28)35)22-13-15-24(16-14-22)38-23-9-6-5-7-10-23/h5-20,29,34H,4H2,1-3H3/b30-28-. The molecular weight excluding hydrogens is 510 g/mol. The number of ketones is 1. The van der Waals surface area contributed by atoms with Crippen LogP contribution in [-0.2, 0) is 9.59 Å². The highest BCUT2D eigenvalue weighted by Gasteiger charge is 2.47. The lowest BCUT2D eigenvalue weighted by molar-refractivity contribution is -0.132. The number of aliphatic hydroxyl groups excluding tert-OH is 1. The van der Waals surface area contributed by atoms with Crippen LogP contribution in [0.1, 0.15) is 48.7 Å². The van der Waals surface area contributed by atoms with Crippen molar-refractivity contribution in [2.45, 2.75) is 32.7 Å². The number of amides is 1. The molecule has 39 heavy (non-hydrogen) atoms. The van der Waals surface area contributed by atoms with E-state index in [-0.39, 0.29) is 17.3 Å². The van der Waals surface area contributed by atoms with Crippen molar-refractivity contribution in [2.24, 2.45) is 0 Å². The van der Waals surface area contributed by atoms with Crippen LogP contribution in [0, 0.1) is 0 Å². The van der Waals surface area contributed by atoms with E-state index >= 15 is 0 Å². The van der Waals surface area contributed by atoms with Crippen LogP contribution in [-0.4, -0.2) is 23.4 Å². The van der Waals surface area contributed by atoms with Gasteiger partial charge in [-0.3, -0.25) is 14.5 Å². The smallest absolute Gasteiger partial charge is 0.300 e. The van der Waals surface area contributed by atoms with Crippen LogP contribution in [0.2, 0.25) is 0 Å². The number of carbonyl (C=O) groups excluding carboxylic acids is 2. The van der Waals surface area contributed by atoms with Crippen molar-refractivity contribution in [2.75, 3.05) is 11.5 Å². The van der Waals surface area contributed by atoms with Gasteiger partial charge in [-0.2, -0.15) is 0 Å². The molecule has 2 heterocycles. The van der Waals surface area contributed by atoms with Crippen molar-refractivity contribution in [1.82, 2.24) is 0 Å². The first-order valence-corrected chi connectivity index (χ1v) is 13.7. The molecule has 1 saturated heterocycles. The molecule has 1 amide bonds. The number of carbonyl (C=O) groups is 2. The van der Waals surface area contributed by atoms with Crippen LogP contribution in [0.3, 0.4) is 0 Å². The first kappa shape index (κ1) is 26.3. The maximum atomic E-state index is 13.5. The van der Waals surface area contributed by atoms with Gasteiger partial charge in [0.1, 0.15) is 29.0 Å². The maximum Gasteiger partial charge on any atom is 0.300 e. The molecule has 6 nitrogen and oxygen atoms in total. The summed E-state index contributed by atoms with van der Waals surface area (Å²) in [6.45, 7) is 6.51. The van der Waals surface area contributed by atoms with Crippen molar-refractivity contribution < 1.29 is 24.2 Å². The van der Waals surface area contributed by atoms with Gasteiger partial charge in [-0.05, 0) is 84.4 Å². The molecule has 0 spiro atoms. The molecule has 7 heteroatoms. The third kappa shape index (κ3) is 5.18. The number of benzene rings is 3. The number of rotatable bonds is 8. The van der Waals surface area contributed by atoms with Crippen molar-refractivity contribution >= 4 is 34.5 Å². The van der Waals surface area contributed by atoms with Gasteiger partial charge in [0.2, 0.25) is 0 Å². The number of thiophene rings is 1. The largest absolute Gasteiger partial charge is 0.507 e. The average Bonchev–Trinajstić information content (AvgIpc) is 3.56. The van der Waals surface area contributed by atoms with Crippen LogP contribution in [0.15, 0.2) is 95.9 Å². The number of hydrogen-bond acceptors (Lipinski definition) is 6. The Morgan fingerprint density at radius 2 is 1.67 bits per heavy atom. The summed E-state index contributed by atoms with van der Waals surface area (Å²) in [7, 11) is 0. The lowest BCUT2D eigenvalue weighted by atomic mass is 9.95. The van der Waals surface area contributed by atoms with E-state index in [1.807, 2.05) is 74.7 Å². The van der Waals surface area contributed by atoms with Crippen LogP contribution < -0.4 is 14.4 Å². The normalized spacial score (nSPS) is 16.6. The second-order valence-corrected chi connectivity index (χ2v) is 10.4. The van der Waals surface area contributed by atoms with Gasteiger partial charge in [-0.15, -0.1) is 11.3 Å². The Balaban J connectivity index is 1.56. The van der Waals surface area contributed by atoms with Gasteiger partial charge in [0.15, 0.2) is 0 Å². The Morgan fingerprint density at radius 3 is 2.31 bits per heavy atom. The molecule has 5 rings (SSSR count). The predicted octanol–water partition coefficient (Wildman–Crippen LogP) is 7.69. The second-order valence-electron chi connectivity index (χ2n) is 9.43. The first-order chi connectivity index (χ1) is 18.9. The summed E-state index contributed by atoms with van der Waals surface area (Å²) in [4.78, 5) is 29.1. The fraction of sp³-hybridized carbons (Fsp3) is 0.188. The van der Waals surface area contributed by atoms with Crippen molar-refractivity contribution in [3.05, 3.63) is 112 Å². The van der Waals surface area contributed by atoms with E-state index < -0.39 is 17.7 Å². The quantitative estimate of drug-likeness (QED) is 0.141. The molecule has 0 aliphatic carbocycles. The van der Waals surface area contributed by atoms with E-state index in [1.165, 1.54) is 16.2 Å². The number of ether oxygens (including phenoxy) is 2. The summed E-state index contributed by atoms with van der Waals surface area (Å²) < 4.78 is 11.7. The molecule has 4 aromatic rings. The number of para-hydroxylation sites is 1. The molecule has 0 saturated carbocycles. The summed E-state index contributed by atoms with van der Waals surface area (Å²) in [6, 6.07) is 24.7. The van der Waals surface area contributed by atoms with Gasteiger partial charge in [-0.25, -0.2) is 0 Å². The number of hydrogen-bond donors (Lipinski definition) is 1. The SMILES string of the molecule is CCOc1ccc(/C(O)=C2/C(=O)C(=O)N(c3ccc(Oc4ccccc4)cc3)C2c2cccs2)cc1C(C)C. The lowest BCUT2D eigenvalue weighted by Gasteiger charge is -2.24. The number of nitrogens with zero attached hydrogens (tertiary/aromatic N) is 1. The fourth-order valence-electron chi connectivity index (χ4n) is 4.70. The van der Waals surface area contributed by atoms with E-state index in [4.69, 9.17) is 9.47 Å². The van der Waals surface area contributed by atoms with Crippen molar-refractivity contribution in [1.29, 1.82) is 0 Å². The van der Waals surface area contributed by atoms with E-state index in [1.54, 1.807) is 36.4 Å². The van der Waals surface area contributed by atoms with Crippen LogP contribution in [0.4, 0.5) is 5.69 Å². The Labute approximate surface area is 231 Å². The highest BCUT2D eigenvalue weighted by Crippen LogP contribution is 2.44. The minimum Gasteiger partial charge on any atom is -0.507 e. The van der Waals surface area contributed by atoms with Crippen molar-refractivity contribution in [3.63, 3.8) is 0 Å². The molecule has 0 radical (unpaired) electrons. The zero-order valence-corrected chi connectivity index (χ0v) is 22.8. The maximum absolute atomic E-state index is 13.5. The summed E-state index contributed by atoms with van der Waals surface area (Å²) in [5, 5.41) is 13.4.